The summed E-state index contributed by atoms with van der Waals surface area (Å²) in [6.07, 6.45) is 1.79. The molecule has 0 unspecified atom stereocenters. The van der Waals surface area contributed by atoms with Crippen LogP contribution in [0.15, 0.2) is 72.9 Å². The van der Waals surface area contributed by atoms with Crippen molar-refractivity contribution in [3.8, 4) is 22.8 Å². The van der Waals surface area contributed by atoms with E-state index in [0.717, 1.165) is 21.9 Å². The number of nitrogens with zero attached hydrogens (tertiary/aromatic N) is 1. The lowest BCUT2D eigenvalue weighted by Crippen LogP contribution is -1.87. The number of pyridine rings is 1. The molecule has 0 aliphatic heterocycles. The van der Waals surface area contributed by atoms with Gasteiger partial charge in [0.05, 0.1) is 0 Å². The number of hydrogen-bond acceptors (Lipinski definition) is 2. The molecule has 0 aliphatic rings. The van der Waals surface area contributed by atoms with Gasteiger partial charge in [-0.05, 0) is 35.9 Å². The van der Waals surface area contributed by atoms with Gasteiger partial charge in [-0.1, -0.05) is 41.9 Å². The Hall–Kier alpha value is -2.32. The lowest BCUT2D eigenvalue weighted by Gasteiger charge is -2.06. The molecule has 2 nitrogen and oxygen atoms in total. The van der Waals surface area contributed by atoms with Crippen LogP contribution >= 0.6 is 11.6 Å². The molecule has 0 saturated heterocycles. The third kappa shape index (κ3) is 2.98. The van der Waals surface area contributed by atoms with Crippen molar-refractivity contribution in [2.75, 3.05) is 0 Å². The molecule has 0 N–H and O–H groups in total. The van der Waals surface area contributed by atoms with Crippen LogP contribution in [0.3, 0.4) is 0 Å². The molecule has 0 amide bonds. The number of halogens is 1. The Balaban J connectivity index is 1.79. The van der Waals surface area contributed by atoms with Gasteiger partial charge in [0.15, 0.2) is 0 Å². The summed E-state index contributed by atoms with van der Waals surface area (Å²) in [6, 6.07) is 21.1. The molecule has 0 aliphatic carbocycles. The van der Waals surface area contributed by atoms with Gasteiger partial charge in [0.25, 0.3) is 0 Å². The molecular formula is C17H12ClNO. The third-order valence-corrected chi connectivity index (χ3v) is 3.13. The van der Waals surface area contributed by atoms with Crippen LogP contribution in [0.2, 0.25) is 5.02 Å². The zero-order valence-corrected chi connectivity index (χ0v) is 11.4. The predicted octanol–water partition coefficient (Wildman–Crippen LogP) is 5.19. The summed E-state index contributed by atoms with van der Waals surface area (Å²) in [7, 11) is 0. The monoisotopic (exact) mass is 281 g/mol. The van der Waals surface area contributed by atoms with Crippen molar-refractivity contribution in [1.29, 1.82) is 0 Å². The highest BCUT2D eigenvalue weighted by atomic mass is 35.5. The van der Waals surface area contributed by atoms with Gasteiger partial charge < -0.3 is 4.74 Å². The normalized spacial score (nSPS) is 10.2. The highest BCUT2D eigenvalue weighted by Crippen LogP contribution is 2.24. The topological polar surface area (TPSA) is 22.1 Å². The first-order chi connectivity index (χ1) is 9.81. The molecule has 1 heterocycles. The lowest BCUT2D eigenvalue weighted by molar-refractivity contribution is 0.463. The Morgan fingerprint density at radius 3 is 2.10 bits per heavy atom. The Morgan fingerprint density at radius 1 is 0.750 bits per heavy atom. The van der Waals surface area contributed by atoms with E-state index in [1.807, 2.05) is 66.7 Å². The second-order valence-electron chi connectivity index (χ2n) is 4.31. The van der Waals surface area contributed by atoms with Gasteiger partial charge in [0.2, 0.25) is 5.88 Å². The molecule has 98 valence electrons. The summed E-state index contributed by atoms with van der Waals surface area (Å²) in [6.45, 7) is 0. The van der Waals surface area contributed by atoms with E-state index >= 15 is 0 Å². The fraction of sp³-hybridized carbons (Fsp3) is 0. The quantitative estimate of drug-likeness (QED) is 0.659. The van der Waals surface area contributed by atoms with Crippen molar-refractivity contribution in [2.24, 2.45) is 0 Å². The predicted molar refractivity (Wildman–Crippen MR) is 81.2 cm³/mol. The summed E-state index contributed by atoms with van der Waals surface area (Å²) < 4.78 is 5.66. The first-order valence-corrected chi connectivity index (χ1v) is 6.64. The van der Waals surface area contributed by atoms with Gasteiger partial charge in [-0.3, -0.25) is 0 Å². The van der Waals surface area contributed by atoms with E-state index < -0.39 is 0 Å². The maximum Gasteiger partial charge on any atom is 0.219 e. The highest BCUT2D eigenvalue weighted by Gasteiger charge is 2.01. The summed E-state index contributed by atoms with van der Waals surface area (Å²) in [4.78, 5) is 4.32. The van der Waals surface area contributed by atoms with E-state index in [0.29, 0.717) is 5.88 Å². The van der Waals surface area contributed by atoms with E-state index in [-0.39, 0.29) is 0 Å². The van der Waals surface area contributed by atoms with Crippen LogP contribution in [0.5, 0.6) is 11.6 Å². The minimum atomic E-state index is 0.578. The number of ether oxygens (including phenoxy) is 1. The highest BCUT2D eigenvalue weighted by molar-refractivity contribution is 6.30. The molecular weight excluding hydrogens is 270 g/mol. The molecule has 0 spiro atoms. The standard InChI is InChI=1S/C17H12ClNO/c18-15-9-6-13(7-10-15)14-8-11-17(19-12-14)20-16-4-2-1-3-5-16/h1-12H. The van der Waals surface area contributed by atoms with Crippen molar-refractivity contribution in [2.45, 2.75) is 0 Å². The summed E-state index contributed by atoms with van der Waals surface area (Å²) >= 11 is 5.88. The van der Waals surface area contributed by atoms with Crippen LogP contribution < -0.4 is 4.74 Å². The zero-order chi connectivity index (χ0) is 13.8. The maximum absolute atomic E-state index is 5.88. The molecule has 3 aromatic rings. The third-order valence-electron chi connectivity index (χ3n) is 2.88. The molecule has 2 aromatic carbocycles. The molecule has 3 rings (SSSR count). The Morgan fingerprint density at radius 2 is 1.45 bits per heavy atom. The van der Waals surface area contributed by atoms with Gasteiger partial charge in [-0.15, -0.1) is 0 Å². The fourth-order valence-corrected chi connectivity index (χ4v) is 1.99. The minimum absolute atomic E-state index is 0.578. The minimum Gasteiger partial charge on any atom is -0.439 e. The average Bonchev–Trinajstić information content (AvgIpc) is 2.50. The SMILES string of the molecule is Clc1ccc(-c2ccc(Oc3ccccc3)nc2)cc1. The second kappa shape index (κ2) is 5.76. The molecule has 0 saturated carbocycles. The van der Waals surface area contributed by atoms with Crippen LogP contribution in [0.1, 0.15) is 0 Å². The molecule has 0 fully saturated rings. The van der Waals surface area contributed by atoms with E-state index in [1.165, 1.54) is 0 Å². The van der Waals surface area contributed by atoms with Gasteiger partial charge in [0.1, 0.15) is 5.75 Å². The number of benzene rings is 2. The van der Waals surface area contributed by atoms with Crippen molar-refractivity contribution >= 4 is 11.6 Å². The summed E-state index contributed by atoms with van der Waals surface area (Å²) in [5.74, 6) is 1.35. The van der Waals surface area contributed by atoms with Crippen LogP contribution in [0.4, 0.5) is 0 Å². The van der Waals surface area contributed by atoms with Crippen LogP contribution in [-0.4, -0.2) is 4.98 Å². The Kier molecular flexibility index (Phi) is 3.66. The largest absolute Gasteiger partial charge is 0.439 e. The van der Waals surface area contributed by atoms with E-state index in [2.05, 4.69) is 4.98 Å². The van der Waals surface area contributed by atoms with E-state index in [9.17, 15) is 0 Å². The Bertz CT molecular complexity index is 678. The zero-order valence-electron chi connectivity index (χ0n) is 10.7. The molecule has 20 heavy (non-hydrogen) atoms. The number of rotatable bonds is 3. The van der Waals surface area contributed by atoms with Crippen molar-refractivity contribution in [1.82, 2.24) is 4.98 Å². The first kappa shape index (κ1) is 12.7. The van der Waals surface area contributed by atoms with Crippen LogP contribution in [0.25, 0.3) is 11.1 Å². The molecule has 0 atom stereocenters. The molecule has 3 heteroatoms. The van der Waals surface area contributed by atoms with Gasteiger partial charge in [-0.25, -0.2) is 4.98 Å². The summed E-state index contributed by atoms with van der Waals surface area (Å²) in [5.41, 5.74) is 2.11. The van der Waals surface area contributed by atoms with Gasteiger partial charge >= 0.3 is 0 Å². The summed E-state index contributed by atoms with van der Waals surface area (Å²) in [5, 5.41) is 0.728. The fourth-order valence-electron chi connectivity index (χ4n) is 1.86. The Labute approximate surface area is 122 Å². The van der Waals surface area contributed by atoms with E-state index in [1.54, 1.807) is 6.20 Å². The lowest BCUT2D eigenvalue weighted by atomic mass is 10.1. The second-order valence-corrected chi connectivity index (χ2v) is 4.74. The maximum atomic E-state index is 5.88. The molecule has 0 radical (unpaired) electrons. The van der Waals surface area contributed by atoms with Crippen LogP contribution in [0, 0.1) is 0 Å². The molecule has 1 aromatic heterocycles. The molecule has 0 bridgehead atoms. The number of aromatic nitrogens is 1. The van der Waals surface area contributed by atoms with Crippen LogP contribution in [-0.2, 0) is 0 Å². The van der Waals surface area contributed by atoms with E-state index in [4.69, 9.17) is 16.3 Å². The van der Waals surface area contributed by atoms with Gasteiger partial charge in [-0.2, -0.15) is 0 Å². The van der Waals surface area contributed by atoms with Gasteiger partial charge in [0, 0.05) is 22.8 Å². The average molecular weight is 282 g/mol. The number of hydrogen-bond donors (Lipinski definition) is 0. The smallest absolute Gasteiger partial charge is 0.219 e. The first-order valence-electron chi connectivity index (χ1n) is 6.26. The van der Waals surface area contributed by atoms with Crippen molar-refractivity contribution in [3.05, 3.63) is 77.9 Å². The van der Waals surface area contributed by atoms with Crippen molar-refractivity contribution in [3.63, 3.8) is 0 Å². The van der Waals surface area contributed by atoms with Crippen molar-refractivity contribution < 1.29 is 4.74 Å². The number of para-hydroxylation sites is 1.